The van der Waals surface area contributed by atoms with Crippen molar-refractivity contribution in [2.24, 2.45) is 0 Å². The first-order valence-electron chi connectivity index (χ1n) is 7.53. The molecule has 1 heterocycles. The van der Waals surface area contributed by atoms with Gasteiger partial charge in [-0.15, -0.1) is 0 Å². The Labute approximate surface area is 152 Å². The molecule has 0 saturated heterocycles. The summed E-state index contributed by atoms with van der Waals surface area (Å²) < 4.78 is 49.9. The SMILES string of the molecule is CCOC(=O)C1=C(C)N(c2ccccc2)/C(=C(\C(=O)OC)C(F)(F)F)S1. The van der Waals surface area contributed by atoms with E-state index in [2.05, 4.69) is 4.74 Å². The summed E-state index contributed by atoms with van der Waals surface area (Å²) >= 11 is 0.538. The highest BCUT2D eigenvalue weighted by Gasteiger charge is 2.47. The second-order valence-corrected chi connectivity index (χ2v) is 6.08. The predicted molar refractivity (Wildman–Crippen MR) is 90.9 cm³/mol. The van der Waals surface area contributed by atoms with E-state index in [1.165, 1.54) is 11.8 Å². The molecular formula is C17H16F3NO4S. The largest absolute Gasteiger partial charge is 0.465 e. The van der Waals surface area contributed by atoms with Crippen LogP contribution < -0.4 is 4.90 Å². The fraction of sp³-hybridized carbons (Fsp3) is 0.294. The molecule has 0 N–H and O–H groups in total. The number of carbonyl (C=O) groups excluding carboxylic acids is 2. The summed E-state index contributed by atoms with van der Waals surface area (Å²) in [6, 6.07) is 8.12. The molecule has 1 aliphatic heterocycles. The van der Waals surface area contributed by atoms with Gasteiger partial charge in [0, 0.05) is 11.4 Å². The monoisotopic (exact) mass is 387 g/mol. The van der Waals surface area contributed by atoms with Crippen molar-refractivity contribution in [1.29, 1.82) is 0 Å². The standard InChI is InChI=1S/C17H16F3NO4S/c1-4-25-16(23)13-10(2)21(11-8-6-5-7-9-11)14(26-13)12(15(22)24-3)17(18,19)20/h5-9H,4H2,1-3H3/b14-12-. The molecule has 9 heteroatoms. The van der Waals surface area contributed by atoms with Gasteiger partial charge < -0.3 is 14.4 Å². The Bertz CT molecular complexity index is 772. The van der Waals surface area contributed by atoms with Crippen molar-refractivity contribution in [3.8, 4) is 0 Å². The minimum Gasteiger partial charge on any atom is -0.465 e. The zero-order valence-electron chi connectivity index (χ0n) is 14.2. The predicted octanol–water partition coefficient (Wildman–Crippen LogP) is 3.98. The molecule has 0 atom stereocenters. The summed E-state index contributed by atoms with van der Waals surface area (Å²) in [5.41, 5.74) is -0.870. The van der Waals surface area contributed by atoms with Crippen molar-refractivity contribution in [3.05, 3.63) is 51.5 Å². The molecule has 0 bridgehead atoms. The van der Waals surface area contributed by atoms with Crippen LogP contribution in [0.4, 0.5) is 18.9 Å². The fourth-order valence-electron chi connectivity index (χ4n) is 2.33. The lowest BCUT2D eigenvalue weighted by atomic mass is 10.2. The third kappa shape index (κ3) is 3.87. The number of thioether (sulfide) groups is 1. The van der Waals surface area contributed by atoms with E-state index in [1.54, 1.807) is 37.3 Å². The van der Waals surface area contributed by atoms with Gasteiger partial charge in [-0.2, -0.15) is 13.2 Å². The summed E-state index contributed by atoms with van der Waals surface area (Å²) in [4.78, 5) is 25.2. The van der Waals surface area contributed by atoms with Gasteiger partial charge in [-0.25, -0.2) is 9.59 Å². The van der Waals surface area contributed by atoms with Gasteiger partial charge in [0.1, 0.15) is 9.93 Å². The summed E-state index contributed by atoms with van der Waals surface area (Å²) in [6.07, 6.45) is -4.97. The average Bonchev–Trinajstić information content (AvgIpc) is 2.91. The van der Waals surface area contributed by atoms with Crippen molar-refractivity contribution in [1.82, 2.24) is 0 Å². The third-order valence-corrected chi connectivity index (χ3v) is 4.67. The highest BCUT2D eigenvalue weighted by molar-refractivity contribution is 8.08. The molecule has 0 aliphatic carbocycles. The van der Waals surface area contributed by atoms with Crippen molar-refractivity contribution in [2.75, 3.05) is 18.6 Å². The van der Waals surface area contributed by atoms with E-state index in [1.807, 2.05) is 0 Å². The number of hydrogen-bond donors (Lipinski definition) is 0. The Hall–Kier alpha value is -2.42. The quantitative estimate of drug-likeness (QED) is 0.575. The number of halogens is 3. The fourth-order valence-corrected chi connectivity index (χ4v) is 3.54. The summed E-state index contributed by atoms with van der Waals surface area (Å²) in [7, 11) is 0.869. The molecule has 0 unspecified atom stereocenters. The Morgan fingerprint density at radius 1 is 1.19 bits per heavy atom. The highest BCUT2D eigenvalue weighted by Crippen LogP contribution is 2.48. The first-order chi connectivity index (χ1) is 12.2. The van der Waals surface area contributed by atoms with E-state index in [9.17, 15) is 22.8 Å². The van der Waals surface area contributed by atoms with Crippen molar-refractivity contribution in [3.63, 3.8) is 0 Å². The van der Waals surface area contributed by atoms with Crippen LogP contribution in [0.15, 0.2) is 51.5 Å². The zero-order valence-corrected chi connectivity index (χ0v) is 15.0. The molecule has 1 aromatic rings. The van der Waals surface area contributed by atoms with E-state index in [0.717, 1.165) is 7.11 Å². The number of benzene rings is 1. The van der Waals surface area contributed by atoms with Gasteiger partial charge in [0.05, 0.1) is 13.7 Å². The number of nitrogens with zero attached hydrogens (tertiary/aromatic N) is 1. The van der Waals surface area contributed by atoms with Gasteiger partial charge in [-0.1, -0.05) is 30.0 Å². The second kappa shape index (κ2) is 7.86. The lowest BCUT2D eigenvalue weighted by Gasteiger charge is -2.24. The molecule has 140 valence electrons. The van der Waals surface area contributed by atoms with Gasteiger partial charge >= 0.3 is 18.1 Å². The molecule has 0 aromatic heterocycles. The number of carbonyl (C=O) groups is 2. The Balaban J connectivity index is 2.70. The maximum absolute atomic E-state index is 13.6. The van der Waals surface area contributed by atoms with Crippen LogP contribution in [0.2, 0.25) is 0 Å². The Morgan fingerprint density at radius 3 is 2.31 bits per heavy atom. The average molecular weight is 387 g/mol. The topological polar surface area (TPSA) is 55.8 Å². The lowest BCUT2D eigenvalue weighted by molar-refractivity contribution is -0.148. The normalized spacial score (nSPS) is 16.6. The molecule has 0 spiro atoms. The van der Waals surface area contributed by atoms with Crippen LogP contribution in [0.25, 0.3) is 0 Å². The van der Waals surface area contributed by atoms with Gasteiger partial charge in [0.2, 0.25) is 0 Å². The van der Waals surface area contributed by atoms with Crippen molar-refractivity contribution >= 4 is 29.4 Å². The molecule has 0 amide bonds. The third-order valence-electron chi connectivity index (χ3n) is 3.43. The van der Waals surface area contributed by atoms with Crippen molar-refractivity contribution < 1.29 is 32.2 Å². The van der Waals surface area contributed by atoms with E-state index in [0.29, 0.717) is 17.4 Å². The van der Waals surface area contributed by atoms with Crippen LogP contribution in [-0.4, -0.2) is 31.8 Å². The number of allylic oxidation sites excluding steroid dienone is 1. The molecule has 2 rings (SSSR count). The first-order valence-corrected chi connectivity index (χ1v) is 8.34. The lowest BCUT2D eigenvalue weighted by Crippen LogP contribution is -2.28. The molecule has 0 radical (unpaired) electrons. The number of para-hydroxylation sites is 1. The smallest absolute Gasteiger partial charge is 0.425 e. The van der Waals surface area contributed by atoms with Crippen LogP contribution in [0.1, 0.15) is 13.8 Å². The van der Waals surface area contributed by atoms with Crippen LogP contribution in [0, 0.1) is 0 Å². The summed E-state index contributed by atoms with van der Waals surface area (Å²) in [6.45, 7) is 3.16. The number of rotatable bonds is 4. The number of hydrogen-bond acceptors (Lipinski definition) is 6. The Morgan fingerprint density at radius 2 is 1.81 bits per heavy atom. The zero-order chi connectivity index (χ0) is 19.5. The molecular weight excluding hydrogens is 371 g/mol. The maximum atomic E-state index is 13.6. The number of alkyl halides is 3. The van der Waals surface area contributed by atoms with E-state index >= 15 is 0 Å². The van der Waals surface area contributed by atoms with Crippen LogP contribution in [-0.2, 0) is 19.1 Å². The first kappa shape index (κ1) is 19.9. The maximum Gasteiger partial charge on any atom is 0.425 e. The minimum atomic E-state index is -4.97. The summed E-state index contributed by atoms with van der Waals surface area (Å²) in [5, 5.41) is -0.448. The second-order valence-electron chi connectivity index (χ2n) is 5.08. The number of anilines is 1. The van der Waals surface area contributed by atoms with Gasteiger partial charge in [0.25, 0.3) is 0 Å². The molecule has 5 nitrogen and oxygen atoms in total. The van der Waals surface area contributed by atoms with Crippen molar-refractivity contribution in [2.45, 2.75) is 20.0 Å². The van der Waals surface area contributed by atoms with Crippen LogP contribution in [0.3, 0.4) is 0 Å². The highest BCUT2D eigenvalue weighted by atomic mass is 32.2. The van der Waals surface area contributed by atoms with Crippen LogP contribution in [0.5, 0.6) is 0 Å². The van der Waals surface area contributed by atoms with Gasteiger partial charge in [0.15, 0.2) is 5.57 Å². The Kier molecular flexibility index (Phi) is 6.01. The van der Waals surface area contributed by atoms with E-state index in [4.69, 9.17) is 4.74 Å². The number of methoxy groups -OCH3 is 1. The molecule has 26 heavy (non-hydrogen) atoms. The van der Waals surface area contributed by atoms with E-state index in [-0.39, 0.29) is 17.2 Å². The van der Waals surface area contributed by atoms with Crippen LogP contribution >= 0.6 is 11.8 Å². The molecule has 1 aliphatic rings. The number of esters is 2. The summed E-state index contributed by atoms with van der Waals surface area (Å²) in [5.74, 6) is -2.28. The van der Waals surface area contributed by atoms with Gasteiger partial charge in [-0.05, 0) is 26.0 Å². The number of ether oxygens (including phenoxy) is 2. The van der Waals surface area contributed by atoms with Gasteiger partial charge in [-0.3, -0.25) is 0 Å². The molecule has 0 fully saturated rings. The minimum absolute atomic E-state index is 0.0173. The molecule has 0 saturated carbocycles. The molecule has 1 aromatic carbocycles. The van der Waals surface area contributed by atoms with E-state index < -0.39 is 28.7 Å².